The van der Waals surface area contributed by atoms with Gasteiger partial charge in [0.25, 0.3) is 5.91 Å². The summed E-state index contributed by atoms with van der Waals surface area (Å²) in [6, 6.07) is 8.69. The first-order valence-corrected chi connectivity index (χ1v) is 8.56. The number of furan rings is 1. The molecule has 2 aromatic rings. The van der Waals surface area contributed by atoms with Gasteiger partial charge in [-0.15, -0.1) is 0 Å². The molecule has 1 aromatic carbocycles. The van der Waals surface area contributed by atoms with Crippen molar-refractivity contribution in [2.75, 3.05) is 26.8 Å². The highest BCUT2D eigenvalue weighted by atomic mass is 16.6. The fourth-order valence-corrected chi connectivity index (χ4v) is 2.81. The fraction of sp³-hybridized carbons (Fsp3) is 0.368. The van der Waals surface area contributed by atoms with Crippen molar-refractivity contribution in [1.82, 2.24) is 10.2 Å². The summed E-state index contributed by atoms with van der Waals surface area (Å²) in [6.45, 7) is 2.98. The zero-order chi connectivity index (χ0) is 18.5. The third-order valence-electron chi connectivity index (χ3n) is 4.17. The van der Waals surface area contributed by atoms with E-state index in [1.54, 1.807) is 19.2 Å². The molecular weight excluding hydrogens is 336 g/mol. The molecule has 7 nitrogen and oxygen atoms in total. The SMILES string of the molecule is CCC(NC(=O)CN(C)C(=O)c1ccco1)c1ccc2c(c1)OCCO2. The Morgan fingerprint density at radius 3 is 2.65 bits per heavy atom. The lowest BCUT2D eigenvalue weighted by atomic mass is 10.0. The van der Waals surface area contributed by atoms with Crippen molar-refractivity contribution < 1.29 is 23.5 Å². The lowest BCUT2D eigenvalue weighted by Gasteiger charge is -2.23. The highest BCUT2D eigenvalue weighted by Gasteiger charge is 2.21. The zero-order valence-electron chi connectivity index (χ0n) is 14.9. The minimum atomic E-state index is -0.336. The first kappa shape index (κ1) is 17.8. The van der Waals surface area contributed by atoms with E-state index in [1.165, 1.54) is 11.2 Å². The van der Waals surface area contributed by atoms with Crippen LogP contribution in [0.2, 0.25) is 0 Å². The van der Waals surface area contributed by atoms with E-state index in [0.29, 0.717) is 31.1 Å². The van der Waals surface area contributed by atoms with Gasteiger partial charge in [-0.25, -0.2) is 0 Å². The Kier molecular flexibility index (Phi) is 5.46. The summed E-state index contributed by atoms with van der Waals surface area (Å²) in [5.74, 6) is 1.03. The van der Waals surface area contributed by atoms with Crippen LogP contribution in [-0.2, 0) is 4.79 Å². The molecule has 7 heteroatoms. The normalized spacial score (nSPS) is 13.8. The maximum Gasteiger partial charge on any atom is 0.289 e. The number of carbonyl (C=O) groups is 2. The smallest absolute Gasteiger partial charge is 0.289 e. The molecule has 0 aliphatic carbocycles. The van der Waals surface area contributed by atoms with Crippen LogP contribution in [0.1, 0.15) is 35.5 Å². The van der Waals surface area contributed by atoms with Gasteiger partial charge in [0, 0.05) is 7.05 Å². The summed E-state index contributed by atoms with van der Waals surface area (Å²) in [5.41, 5.74) is 0.935. The fourth-order valence-electron chi connectivity index (χ4n) is 2.81. The van der Waals surface area contributed by atoms with Crippen LogP contribution in [0.25, 0.3) is 0 Å². The maximum absolute atomic E-state index is 12.4. The van der Waals surface area contributed by atoms with E-state index < -0.39 is 0 Å². The van der Waals surface area contributed by atoms with E-state index in [1.807, 2.05) is 25.1 Å². The van der Waals surface area contributed by atoms with Crippen LogP contribution >= 0.6 is 0 Å². The van der Waals surface area contributed by atoms with Crippen molar-refractivity contribution in [2.24, 2.45) is 0 Å². The van der Waals surface area contributed by atoms with Crippen LogP contribution in [0.15, 0.2) is 41.0 Å². The number of rotatable bonds is 6. The number of benzene rings is 1. The standard InChI is InChI=1S/C19H22N2O5/c1-3-14(13-6-7-15-17(11-13)26-10-9-25-15)20-18(22)12-21(2)19(23)16-5-4-8-24-16/h4-8,11,14H,3,9-10,12H2,1-2H3,(H,20,22). The molecule has 0 saturated heterocycles. The van der Waals surface area contributed by atoms with Crippen LogP contribution in [-0.4, -0.2) is 43.5 Å². The second-order valence-corrected chi connectivity index (χ2v) is 6.07. The number of likely N-dealkylation sites (N-methyl/N-ethyl adjacent to an activating group) is 1. The van der Waals surface area contributed by atoms with Gasteiger partial charge in [0.15, 0.2) is 17.3 Å². The van der Waals surface area contributed by atoms with E-state index >= 15 is 0 Å². The topological polar surface area (TPSA) is 81.0 Å². The number of carbonyl (C=O) groups excluding carboxylic acids is 2. The van der Waals surface area contributed by atoms with Gasteiger partial charge in [-0.05, 0) is 36.2 Å². The first-order valence-electron chi connectivity index (χ1n) is 8.56. The van der Waals surface area contributed by atoms with Crippen molar-refractivity contribution in [3.05, 3.63) is 47.9 Å². The van der Waals surface area contributed by atoms with Gasteiger partial charge < -0.3 is 24.1 Å². The van der Waals surface area contributed by atoms with Crippen molar-refractivity contribution in [3.63, 3.8) is 0 Å². The lowest BCUT2D eigenvalue weighted by Crippen LogP contribution is -2.39. The van der Waals surface area contributed by atoms with Gasteiger partial charge in [0.1, 0.15) is 13.2 Å². The lowest BCUT2D eigenvalue weighted by molar-refractivity contribution is -0.122. The van der Waals surface area contributed by atoms with Crippen LogP contribution in [0.4, 0.5) is 0 Å². The Labute approximate surface area is 151 Å². The van der Waals surface area contributed by atoms with Crippen LogP contribution in [0.5, 0.6) is 11.5 Å². The third-order valence-corrected chi connectivity index (χ3v) is 4.17. The van der Waals surface area contributed by atoms with Crippen LogP contribution < -0.4 is 14.8 Å². The van der Waals surface area contributed by atoms with Crippen LogP contribution in [0, 0.1) is 0 Å². The highest BCUT2D eigenvalue weighted by molar-refractivity contribution is 5.94. The minimum absolute atomic E-state index is 0.0550. The number of ether oxygens (including phenoxy) is 2. The number of fused-ring (bicyclic) bond motifs is 1. The Morgan fingerprint density at radius 2 is 1.96 bits per heavy atom. The number of amides is 2. The quantitative estimate of drug-likeness (QED) is 0.857. The Bertz CT molecular complexity index is 772. The summed E-state index contributed by atoms with van der Waals surface area (Å²) in [5, 5.41) is 2.96. The van der Waals surface area contributed by atoms with Crippen molar-refractivity contribution in [1.29, 1.82) is 0 Å². The monoisotopic (exact) mass is 358 g/mol. The molecule has 0 bridgehead atoms. The molecule has 0 saturated carbocycles. The summed E-state index contributed by atoms with van der Waals surface area (Å²) >= 11 is 0. The molecule has 2 amide bonds. The molecule has 1 atom stereocenters. The predicted octanol–water partition coefficient (Wildman–Crippen LogP) is 2.39. The zero-order valence-corrected chi connectivity index (χ0v) is 14.9. The Balaban J connectivity index is 1.62. The van der Waals surface area contributed by atoms with Crippen molar-refractivity contribution in [2.45, 2.75) is 19.4 Å². The average Bonchev–Trinajstić information content (AvgIpc) is 3.19. The van der Waals surface area contributed by atoms with E-state index in [-0.39, 0.29) is 30.2 Å². The molecule has 1 aliphatic rings. The molecule has 3 rings (SSSR count). The maximum atomic E-state index is 12.4. The summed E-state index contributed by atoms with van der Waals surface area (Å²) < 4.78 is 16.2. The summed E-state index contributed by atoms with van der Waals surface area (Å²) in [6.07, 6.45) is 2.14. The molecule has 0 fully saturated rings. The molecule has 1 aliphatic heterocycles. The number of nitrogens with one attached hydrogen (secondary N) is 1. The Morgan fingerprint density at radius 1 is 1.19 bits per heavy atom. The molecule has 1 unspecified atom stereocenters. The summed E-state index contributed by atoms with van der Waals surface area (Å²) in [4.78, 5) is 25.8. The third kappa shape index (κ3) is 3.99. The van der Waals surface area contributed by atoms with E-state index in [9.17, 15) is 9.59 Å². The molecule has 26 heavy (non-hydrogen) atoms. The number of hydrogen-bond donors (Lipinski definition) is 1. The van der Waals surface area contributed by atoms with Gasteiger partial charge >= 0.3 is 0 Å². The molecule has 0 radical (unpaired) electrons. The predicted molar refractivity (Wildman–Crippen MR) is 94.3 cm³/mol. The molecule has 138 valence electrons. The summed E-state index contributed by atoms with van der Waals surface area (Å²) in [7, 11) is 1.56. The largest absolute Gasteiger partial charge is 0.486 e. The van der Waals surface area contributed by atoms with Gasteiger partial charge in [-0.2, -0.15) is 0 Å². The number of nitrogens with zero attached hydrogens (tertiary/aromatic N) is 1. The second-order valence-electron chi connectivity index (χ2n) is 6.07. The van der Waals surface area contributed by atoms with Crippen molar-refractivity contribution in [3.8, 4) is 11.5 Å². The van der Waals surface area contributed by atoms with E-state index in [4.69, 9.17) is 13.9 Å². The highest BCUT2D eigenvalue weighted by Crippen LogP contribution is 2.33. The van der Waals surface area contributed by atoms with E-state index in [2.05, 4.69) is 5.32 Å². The molecule has 1 N–H and O–H groups in total. The first-order chi connectivity index (χ1) is 12.6. The van der Waals surface area contributed by atoms with Gasteiger partial charge in [0.05, 0.1) is 18.8 Å². The van der Waals surface area contributed by atoms with Crippen LogP contribution in [0.3, 0.4) is 0 Å². The van der Waals surface area contributed by atoms with Gasteiger partial charge in [-0.3, -0.25) is 9.59 Å². The second kappa shape index (κ2) is 7.95. The van der Waals surface area contributed by atoms with Crippen molar-refractivity contribution >= 4 is 11.8 Å². The molecule has 2 heterocycles. The molecular formula is C19H22N2O5. The average molecular weight is 358 g/mol. The Hall–Kier alpha value is -2.96. The van der Waals surface area contributed by atoms with Gasteiger partial charge in [-0.1, -0.05) is 13.0 Å². The van der Waals surface area contributed by atoms with E-state index in [0.717, 1.165) is 5.56 Å². The molecule has 1 aromatic heterocycles. The minimum Gasteiger partial charge on any atom is -0.486 e. The molecule has 0 spiro atoms. The van der Waals surface area contributed by atoms with Gasteiger partial charge in [0.2, 0.25) is 5.91 Å². The number of hydrogen-bond acceptors (Lipinski definition) is 5.